The number of carbonyl (C=O) groups is 1. The zero-order valence-electron chi connectivity index (χ0n) is 11.6. The Balaban J connectivity index is 1.81. The number of aromatic nitrogens is 2. The van der Waals surface area contributed by atoms with E-state index in [-0.39, 0.29) is 5.91 Å². The molecule has 0 spiro atoms. The predicted octanol–water partition coefficient (Wildman–Crippen LogP) is 3.26. The second-order valence-corrected chi connectivity index (χ2v) is 5.69. The molecular formula is C15H13N3O2S. The summed E-state index contributed by atoms with van der Waals surface area (Å²) in [6.07, 6.45) is 1.49. The highest BCUT2D eigenvalue weighted by Gasteiger charge is 2.08. The molecule has 1 aromatic carbocycles. The number of ether oxygens (including phenoxy) is 1. The van der Waals surface area contributed by atoms with Crippen molar-refractivity contribution < 1.29 is 9.53 Å². The predicted molar refractivity (Wildman–Crippen MR) is 83.1 cm³/mol. The van der Waals surface area contributed by atoms with Gasteiger partial charge in [-0.15, -0.1) is 11.3 Å². The van der Waals surface area contributed by atoms with Gasteiger partial charge in [0.05, 0.1) is 27.9 Å². The van der Waals surface area contributed by atoms with E-state index in [9.17, 15) is 4.79 Å². The minimum Gasteiger partial charge on any atom is -0.481 e. The number of aryl methyl sites for hydroxylation is 1. The van der Waals surface area contributed by atoms with Gasteiger partial charge in [0.25, 0.3) is 5.91 Å². The van der Waals surface area contributed by atoms with Crippen LogP contribution in [0.3, 0.4) is 0 Å². The Morgan fingerprint density at radius 1 is 1.29 bits per heavy atom. The number of hydrogen-bond donors (Lipinski definition) is 1. The molecule has 0 radical (unpaired) electrons. The highest BCUT2D eigenvalue weighted by Crippen LogP contribution is 2.25. The first-order chi connectivity index (χ1) is 10.2. The van der Waals surface area contributed by atoms with E-state index < -0.39 is 0 Å². The minimum atomic E-state index is -0.203. The second kappa shape index (κ2) is 5.49. The monoisotopic (exact) mass is 299 g/mol. The third kappa shape index (κ3) is 2.85. The van der Waals surface area contributed by atoms with Gasteiger partial charge in [0.1, 0.15) is 0 Å². The number of pyridine rings is 1. The number of amides is 1. The van der Waals surface area contributed by atoms with Crippen molar-refractivity contribution in [3.63, 3.8) is 0 Å². The Hall–Kier alpha value is -2.47. The summed E-state index contributed by atoms with van der Waals surface area (Å²) in [7, 11) is 1.54. The van der Waals surface area contributed by atoms with Crippen molar-refractivity contribution in [1.82, 2.24) is 9.97 Å². The number of benzene rings is 1. The molecule has 106 valence electrons. The van der Waals surface area contributed by atoms with E-state index in [1.165, 1.54) is 13.3 Å². The molecule has 21 heavy (non-hydrogen) atoms. The molecule has 0 unspecified atom stereocenters. The Morgan fingerprint density at radius 3 is 2.86 bits per heavy atom. The number of rotatable bonds is 3. The van der Waals surface area contributed by atoms with Crippen LogP contribution in [0, 0.1) is 6.92 Å². The number of fused-ring (bicyclic) bond motifs is 1. The van der Waals surface area contributed by atoms with Crippen LogP contribution in [0.2, 0.25) is 0 Å². The molecule has 3 aromatic rings. The quantitative estimate of drug-likeness (QED) is 0.806. The summed E-state index contributed by atoms with van der Waals surface area (Å²) in [4.78, 5) is 20.6. The maximum Gasteiger partial charge on any atom is 0.257 e. The van der Waals surface area contributed by atoms with E-state index in [0.717, 1.165) is 20.9 Å². The largest absolute Gasteiger partial charge is 0.481 e. The first-order valence-electron chi connectivity index (χ1n) is 6.34. The van der Waals surface area contributed by atoms with Crippen LogP contribution in [-0.4, -0.2) is 23.0 Å². The highest BCUT2D eigenvalue weighted by molar-refractivity contribution is 7.18. The lowest BCUT2D eigenvalue weighted by Crippen LogP contribution is -2.12. The van der Waals surface area contributed by atoms with E-state index in [1.54, 1.807) is 23.5 Å². The number of methoxy groups -OCH3 is 1. The summed E-state index contributed by atoms with van der Waals surface area (Å²) in [5.41, 5.74) is 2.17. The second-order valence-electron chi connectivity index (χ2n) is 4.46. The third-order valence-electron chi connectivity index (χ3n) is 2.96. The van der Waals surface area contributed by atoms with Crippen LogP contribution in [0.15, 0.2) is 36.5 Å². The lowest BCUT2D eigenvalue weighted by Gasteiger charge is -2.05. The van der Waals surface area contributed by atoms with Crippen molar-refractivity contribution in [2.45, 2.75) is 6.92 Å². The summed E-state index contributed by atoms with van der Waals surface area (Å²) >= 11 is 1.60. The molecule has 0 fully saturated rings. The topological polar surface area (TPSA) is 64.1 Å². The Kier molecular flexibility index (Phi) is 3.53. The Bertz CT molecular complexity index is 796. The molecule has 0 saturated carbocycles. The van der Waals surface area contributed by atoms with E-state index in [0.29, 0.717) is 11.4 Å². The van der Waals surface area contributed by atoms with Gasteiger partial charge in [-0.25, -0.2) is 9.97 Å². The highest BCUT2D eigenvalue weighted by atomic mass is 32.1. The van der Waals surface area contributed by atoms with Crippen LogP contribution < -0.4 is 10.1 Å². The fourth-order valence-corrected chi connectivity index (χ4v) is 2.82. The first-order valence-corrected chi connectivity index (χ1v) is 7.16. The first kappa shape index (κ1) is 13.5. The summed E-state index contributed by atoms with van der Waals surface area (Å²) in [6.45, 7) is 1.96. The maximum absolute atomic E-state index is 12.2. The summed E-state index contributed by atoms with van der Waals surface area (Å²) < 4.78 is 6.02. The van der Waals surface area contributed by atoms with Crippen LogP contribution in [0.1, 0.15) is 15.4 Å². The smallest absolute Gasteiger partial charge is 0.257 e. The average molecular weight is 299 g/mol. The molecule has 2 heterocycles. The van der Waals surface area contributed by atoms with E-state index >= 15 is 0 Å². The molecule has 0 saturated heterocycles. The van der Waals surface area contributed by atoms with Crippen LogP contribution in [0.25, 0.3) is 10.2 Å². The molecule has 0 aliphatic carbocycles. The normalized spacial score (nSPS) is 10.6. The minimum absolute atomic E-state index is 0.203. The molecule has 6 heteroatoms. The van der Waals surface area contributed by atoms with Crippen LogP contribution in [-0.2, 0) is 0 Å². The zero-order chi connectivity index (χ0) is 14.8. The molecule has 1 amide bonds. The number of thiazole rings is 1. The van der Waals surface area contributed by atoms with Crippen molar-refractivity contribution in [2.75, 3.05) is 12.4 Å². The standard InChI is InChI=1S/C15H13N3O2S/c1-9-17-12-5-4-11(7-13(12)21-9)18-15(19)10-3-6-14(20-2)16-8-10/h3-8H,1-2H3,(H,18,19). The number of nitrogens with zero attached hydrogens (tertiary/aromatic N) is 2. The fraction of sp³-hybridized carbons (Fsp3) is 0.133. The lowest BCUT2D eigenvalue weighted by atomic mass is 10.2. The van der Waals surface area contributed by atoms with Gasteiger partial charge in [-0.2, -0.15) is 0 Å². The molecule has 0 aliphatic heterocycles. The van der Waals surface area contributed by atoms with Crippen molar-refractivity contribution in [2.24, 2.45) is 0 Å². The zero-order valence-corrected chi connectivity index (χ0v) is 12.4. The van der Waals surface area contributed by atoms with E-state index in [4.69, 9.17) is 4.74 Å². The maximum atomic E-state index is 12.2. The van der Waals surface area contributed by atoms with Gasteiger partial charge in [-0.05, 0) is 31.2 Å². The Morgan fingerprint density at radius 2 is 2.14 bits per heavy atom. The molecular weight excluding hydrogens is 286 g/mol. The van der Waals surface area contributed by atoms with E-state index in [1.807, 2.05) is 25.1 Å². The van der Waals surface area contributed by atoms with Crippen molar-refractivity contribution in [1.29, 1.82) is 0 Å². The van der Waals surface area contributed by atoms with Gasteiger partial charge in [0.2, 0.25) is 5.88 Å². The number of carbonyl (C=O) groups excluding carboxylic acids is 1. The molecule has 0 aliphatic rings. The van der Waals surface area contributed by atoms with Crippen LogP contribution >= 0.6 is 11.3 Å². The molecule has 3 rings (SSSR count). The third-order valence-corrected chi connectivity index (χ3v) is 3.89. The average Bonchev–Trinajstić information content (AvgIpc) is 2.86. The Labute approximate surface area is 125 Å². The van der Waals surface area contributed by atoms with Gasteiger partial charge in [0.15, 0.2) is 0 Å². The van der Waals surface area contributed by atoms with Gasteiger partial charge < -0.3 is 10.1 Å². The molecule has 2 aromatic heterocycles. The molecule has 1 N–H and O–H groups in total. The summed E-state index contributed by atoms with van der Waals surface area (Å²) in [6, 6.07) is 9.01. The number of anilines is 1. The summed E-state index contributed by atoms with van der Waals surface area (Å²) in [5.74, 6) is 0.277. The molecule has 0 bridgehead atoms. The van der Waals surface area contributed by atoms with Crippen LogP contribution in [0.5, 0.6) is 5.88 Å². The molecule has 0 atom stereocenters. The lowest BCUT2D eigenvalue weighted by molar-refractivity contribution is 0.102. The molecule has 5 nitrogen and oxygen atoms in total. The number of nitrogens with one attached hydrogen (secondary N) is 1. The SMILES string of the molecule is COc1ccc(C(=O)Nc2ccc3nc(C)sc3c2)cn1. The van der Waals surface area contributed by atoms with Crippen molar-refractivity contribution in [3.05, 3.63) is 47.1 Å². The van der Waals surface area contributed by atoms with Gasteiger partial charge in [-0.3, -0.25) is 4.79 Å². The van der Waals surface area contributed by atoms with Gasteiger partial charge in [-0.1, -0.05) is 0 Å². The van der Waals surface area contributed by atoms with E-state index in [2.05, 4.69) is 15.3 Å². The number of hydrogen-bond acceptors (Lipinski definition) is 5. The summed E-state index contributed by atoms with van der Waals surface area (Å²) in [5, 5.41) is 3.86. The van der Waals surface area contributed by atoms with Crippen molar-refractivity contribution in [3.8, 4) is 5.88 Å². The van der Waals surface area contributed by atoms with Crippen LogP contribution in [0.4, 0.5) is 5.69 Å². The fourth-order valence-electron chi connectivity index (χ4n) is 1.96. The van der Waals surface area contributed by atoms with Crippen molar-refractivity contribution >= 4 is 33.1 Å². The van der Waals surface area contributed by atoms with Gasteiger partial charge >= 0.3 is 0 Å². The van der Waals surface area contributed by atoms with Gasteiger partial charge in [0, 0.05) is 18.0 Å².